The minimum atomic E-state index is -0.821. The third-order valence-corrected chi connectivity index (χ3v) is 8.16. The summed E-state index contributed by atoms with van der Waals surface area (Å²) in [5.41, 5.74) is 7.84. The Balaban J connectivity index is 0.00000280. The molecule has 2 aliphatic carbocycles. The van der Waals surface area contributed by atoms with Gasteiger partial charge in [0, 0.05) is 33.9 Å². The SMILES string of the molecule is Cl.NCC1(CC(=O)Nc2cccc(CS(=O)C3CCCCC3)c2)CCCCC1. The van der Waals surface area contributed by atoms with E-state index in [2.05, 4.69) is 5.32 Å². The summed E-state index contributed by atoms with van der Waals surface area (Å²) >= 11 is 0. The predicted octanol–water partition coefficient (Wildman–Crippen LogP) is 4.93. The molecule has 0 radical (unpaired) electrons. The number of nitrogens with one attached hydrogen (secondary N) is 1. The summed E-state index contributed by atoms with van der Waals surface area (Å²) in [6, 6.07) is 7.86. The van der Waals surface area contributed by atoms with Crippen molar-refractivity contribution >= 4 is 34.8 Å². The zero-order valence-electron chi connectivity index (χ0n) is 16.8. The van der Waals surface area contributed by atoms with Crippen LogP contribution in [0.15, 0.2) is 24.3 Å². The van der Waals surface area contributed by atoms with Crippen molar-refractivity contribution in [2.24, 2.45) is 11.1 Å². The van der Waals surface area contributed by atoms with Gasteiger partial charge in [-0.2, -0.15) is 0 Å². The Kier molecular flexibility index (Phi) is 9.45. The van der Waals surface area contributed by atoms with E-state index in [1.165, 1.54) is 38.5 Å². The summed E-state index contributed by atoms with van der Waals surface area (Å²) in [5.74, 6) is 0.633. The van der Waals surface area contributed by atoms with Crippen LogP contribution in [-0.4, -0.2) is 21.9 Å². The third kappa shape index (κ3) is 6.57. The van der Waals surface area contributed by atoms with Crippen LogP contribution in [-0.2, 0) is 21.3 Å². The summed E-state index contributed by atoms with van der Waals surface area (Å²) in [7, 11) is -0.821. The average molecular weight is 427 g/mol. The highest BCUT2D eigenvalue weighted by Crippen LogP contribution is 2.38. The number of carbonyl (C=O) groups excluding carboxylic acids is 1. The summed E-state index contributed by atoms with van der Waals surface area (Å²) < 4.78 is 12.7. The Labute approximate surface area is 178 Å². The molecule has 1 amide bonds. The van der Waals surface area contributed by atoms with E-state index < -0.39 is 10.8 Å². The van der Waals surface area contributed by atoms with Crippen molar-refractivity contribution in [1.82, 2.24) is 0 Å². The first-order valence-corrected chi connectivity index (χ1v) is 11.9. The van der Waals surface area contributed by atoms with Crippen LogP contribution in [0.1, 0.15) is 76.2 Å². The maximum absolute atomic E-state index is 12.7. The summed E-state index contributed by atoms with van der Waals surface area (Å²) in [5, 5.41) is 3.39. The Hall–Kier alpha value is -0.910. The van der Waals surface area contributed by atoms with Gasteiger partial charge < -0.3 is 11.1 Å². The number of hydrogen-bond donors (Lipinski definition) is 2. The molecule has 1 aromatic rings. The van der Waals surface area contributed by atoms with Gasteiger partial charge in [-0.1, -0.05) is 50.7 Å². The second-order valence-corrected chi connectivity index (χ2v) is 10.2. The number of halogens is 1. The smallest absolute Gasteiger partial charge is 0.224 e. The van der Waals surface area contributed by atoms with Crippen LogP contribution in [0.25, 0.3) is 0 Å². The molecule has 0 aliphatic heterocycles. The van der Waals surface area contributed by atoms with E-state index in [9.17, 15) is 9.00 Å². The van der Waals surface area contributed by atoms with Gasteiger partial charge in [0.1, 0.15) is 0 Å². The van der Waals surface area contributed by atoms with Gasteiger partial charge in [-0.25, -0.2) is 0 Å². The molecule has 1 unspecified atom stereocenters. The summed E-state index contributed by atoms with van der Waals surface area (Å²) in [6.07, 6.45) is 12.1. The van der Waals surface area contributed by atoms with Crippen molar-refractivity contribution in [2.75, 3.05) is 11.9 Å². The van der Waals surface area contributed by atoms with Crippen LogP contribution in [0, 0.1) is 5.41 Å². The molecule has 0 spiro atoms. The lowest BCUT2D eigenvalue weighted by Gasteiger charge is -2.35. The highest BCUT2D eigenvalue weighted by molar-refractivity contribution is 7.84. The lowest BCUT2D eigenvalue weighted by atomic mass is 9.71. The van der Waals surface area contributed by atoms with E-state index in [-0.39, 0.29) is 23.7 Å². The number of hydrogen-bond acceptors (Lipinski definition) is 3. The number of rotatable bonds is 7. The number of benzene rings is 1. The summed E-state index contributed by atoms with van der Waals surface area (Å²) in [6.45, 7) is 0.584. The number of carbonyl (C=O) groups is 1. The van der Waals surface area contributed by atoms with Gasteiger partial charge in [0.15, 0.2) is 0 Å². The third-order valence-electron chi connectivity index (χ3n) is 6.33. The van der Waals surface area contributed by atoms with Crippen LogP contribution in [0.5, 0.6) is 0 Å². The van der Waals surface area contributed by atoms with Gasteiger partial charge in [-0.05, 0) is 55.3 Å². The Bertz CT molecular complexity index is 656. The molecule has 4 nitrogen and oxygen atoms in total. The molecule has 2 saturated carbocycles. The molecule has 0 saturated heterocycles. The summed E-state index contributed by atoms with van der Waals surface area (Å²) in [4.78, 5) is 12.6. The van der Waals surface area contributed by atoms with Gasteiger partial charge in [0.25, 0.3) is 0 Å². The molecule has 158 valence electrons. The maximum atomic E-state index is 12.7. The van der Waals surface area contributed by atoms with Crippen LogP contribution in [0.4, 0.5) is 5.69 Å². The minimum Gasteiger partial charge on any atom is -0.330 e. The molecule has 0 heterocycles. The fourth-order valence-corrected chi connectivity index (χ4v) is 6.25. The standard InChI is InChI=1S/C22H34N2O2S.ClH/c23-17-22(12-5-2-6-13-22)15-21(25)24-19-9-7-8-18(14-19)16-27(26)20-10-3-1-4-11-20;/h7-9,14,20H,1-6,10-13,15-17,23H2,(H,24,25);1H. The lowest BCUT2D eigenvalue weighted by molar-refractivity contribution is -0.118. The fraction of sp³-hybridized carbons (Fsp3) is 0.682. The van der Waals surface area contributed by atoms with Gasteiger partial charge >= 0.3 is 0 Å². The van der Waals surface area contributed by atoms with Gasteiger partial charge in [0.05, 0.1) is 0 Å². The van der Waals surface area contributed by atoms with E-state index in [1.807, 2.05) is 24.3 Å². The quantitative estimate of drug-likeness (QED) is 0.649. The predicted molar refractivity (Wildman–Crippen MR) is 120 cm³/mol. The molecule has 2 aliphatic rings. The highest BCUT2D eigenvalue weighted by Gasteiger charge is 2.33. The lowest BCUT2D eigenvalue weighted by Crippen LogP contribution is -2.36. The molecule has 28 heavy (non-hydrogen) atoms. The largest absolute Gasteiger partial charge is 0.330 e. The Morgan fingerprint density at radius 3 is 2.46 bits per heavy atom. The van der Waals surface area contributed by atoms with Gasteiger partial charge in [-0.15, -0.1) is 12.4 Å². The molecule has 2 fully saturated rings. The van der Waals surface area contributed by atoms with Gasteiger partial charge in [0.2, 0.25) is 5.91 Å². The van der Waals surface area contributed by atoms with Crippen molar-refractivity contribution in [3.8, 4) is 0 Å². The number of nitrogens with two attached hydrogens (primary N) is 1. The topological polar surface area (TPSA) is 72.2 Å². The molecule has 0 bridgehead atoms. The molecular weight excluding hydrogens is 392 g/mol. The van der Waals surface area contributed by atoms with Crippen LogP contribution < -0.4 is 11.1 Å². The molecule has 3 N–H and O–H groups in total. The molecule has 3 rings (SSSR count). The fourth-order valence-electron chi connectivity index (χ4n) is 4.65. The zero-order valence-corrected chi connectivity index (χ0v) is 18.4. The molecular formula is C22H35ClN2O2S. The van der Waals surface area contributed by atoms with Crippen molar-refractivity contribution in [2.45, 2.75) is 81.6 Å². The van der Waals surface area contributed by atoms with Crippen molar-refractivity contribution < 1.29 is 9.00 Å². The zero-order chi connectivity index (χ0) is 19.1. The van der Waals surface area contributed by atoms with Crippen molar-refractivity contribution in [3.63, 3.8) is 0 Å². The van der Waals surface area contributed by atoms with Crippen molar-refractivity contribution in [3.05, 3.63) is 29.8 Å². The van der Waals surface area contributed by atoms with Crippen LogP contribution in [0.3, 0.4) is 0 Å². The van der Waals surface area contributed by atoms with E-state index in [4.69, 9.17) is 5.73 Å². The Morgan fingerprint density at radius 1 is 1.11 bits per heavy atom. The minimum absolute atomic E-state index is 0. The van der Waals surface area contributed by atoms with E-state index in [0.29, 0.717) is 24.0 Å². The first kappa shape index (κ1) is 23.4. The van der Waals surface area contributed by atoms with Gasteiger partial charge in [-0.3, -0.25) is 9.00 Å². The van der Waals surface area contributed by atoms with E-state index in [0.717, 1.165) is 36.9 Å². The average Bonchev–Trinajstić information content (AvgIpc) is 2.69. The normalized spacial score (nSPS) is 20.8. The van der Waals surface area contributed by atoms with E-state index >= 15 is 0 Å². The monoisotopic (exact) mass is 426 g/mol. The number of anilines is 1. The Morgan fingerprint density at radius 2 is 1.79 bits per heavy atom. The first-order valence-electron chi connectivity index (χ1n) is 10.6. The number of amides is 1. The first-order chi connectivity index (χ1) is 13.1. The second kappa shape index (κ2) is 11.3. The van der Waals surface area contributed by atoms with Crippen LogP contribution in [0.2, 0.25) is 0 Å². The van der Waals surface area contributed by atoms with E-state index in [1.54, 1.807) is 0 Å². The molecule has 6 heteroatoms. The molecule has 1 aromatic carbocycles. The molecule has 1 atom stereocenters. The second-order valence-electron chi connectivity index (χ2n) is 8.48. The van der Waals surface area contributed by atoms with Crippen LogP contribution >= 0.6 is 12.4 Å². The van der Waals surface area contributed by atoms with Crippen molar-refractivity contribution in [1.29, 1.82) is 0 Å². The highest BCUT2D eigenvalue weighted by atomic mass is 35.5. The molecule has 0 aromatic heterocycles. The maximum Gasteiger partial charge on any atom is 0.224 e.